The molecule has 0 aliphatic rings. The van der Waals surface area contributed by atoms with Gasteiger partial charge in [-0.2, -0.15) is 0 Å². The van der Waals surface area contributed by atoms with E-state index in [9.17, 15) is 9.59 Å². The Balaban J connectivity index is 1.71. The van der Waals surface area contributed by atoms with Crippen molar-refractivity contribution in [1.82, 2.24) is 10.3 Å². The molecule has 1 heterocycles. The summed E-state index contributed by atoms with van der Waals surface area (Å²) in [6.45, 7) is 4.86. The van der Waals surface area contributed by atoms with E-state index in [0.29, 0.717) is 36.8 Å². The number of hydrogen-bond donors (Lipinski definition) is 2. The van der Waals surface area contributed by atoms with E-state index in [0.717, 1.165) is 22.6 Å². The van der Waals surface area contributed by atoms with E-state index in [2.05, 4.69) is 15.6 Å². The predicted molar refractivity (Wildman–Crippen MR) is 122 cm³/mol. The average molecular weight is 440 g/mol. The van der Waals surface area contributed by atoms with Gasteiger partial charge in [0, 0.05) is 29.4 Å². The summed E-state index contributed by atoms with van der Waals surface area (Å²) in [7, 11) is 0. The van der Waals surface area contributed by atoms with Gasteiger partial charge in [-0.1, -0.05) is 25.1 Å². The fourth-order valence-corrected chi connectivity index (χ4v) is 3.51. The maximum absolute atomic E-state index is 12.9. The second-order valence-electron chi connectivity index (χ2n) is 6.63. The van der Waals surface area contributed by atoms with Gasteiger partial charge in [0.2, 0.25) is 0 Å². The lowest BCUT2D eigenvalue weighted by atomic mass is 10.1. The minimum Gasteiger partial charge on any atom is -0.493 e. The molecule has 31 heavy (non-hydrogen) atoms. The Bertz CT molecular complexity index is 1020. The SMILES string of the molecule is CCCOC(=O)Nc1ccc(OCC)c(C(=O)NCc2cccc(-c3nccs3)c2)c1. The van der Waals surface area contributed by atoms with E-state index in [1.165, 1.54) is 0 Å². The fraction of sp³-hybridized carbons (Fsp3) is 0.261. The number of hydrogen-bond acceptors (Lipinski definition) is 6. The number of nitrogens with one attached hydrogen (secondary N) is 2. The molecule has 7 nitrogen and oxygen atoms in total. The smallest absolute Gasteiger partial charge is 0.411 e. The predicted octanol–water partition coefficient (Wildman–Crippen LogP) is 5.10. The molecule has 0 saturated heterocycles. The Morgan fingerprint density at radius 1 is 1.13 bits per heavy atom. The van der Waals surface area contributed by atoms with Crippen LogP contribution in [0.15, 0.2) is 54.0 Å². The molecule has 2 aromatic carbocycles. The number of rotatable bonds is 9. The first-order chi connectivity index (χ1) is 15.1. The van der Waals surface area contributed by atoms with E-state index in [1.54, 1.807) is 35.7 Å². The highest BCUT2D eigenvalue weighted by Crippen LogP contribution is 2.24. The Morgan fingerprint density at radius 2 is 2.00 bits per heavy atom. The molecule has 3 rings (SSSR count). The topological polar surface area (TPSA) is 89.5 Å². The van der Waals surface area contributed by atoms with Crippen LogP contribution in [0.4, 0.5) is 10.5 Å². The maximum Gasteiger partial charge on any atom is 0.411 e. The van der Waals surface area contributed by atoms with Crippen LogP contribution in [-0.2, 0) is 11.3 Å². The Kier molecular flexibility index (Phi) is 8.00. The lowest BCUT2D eigenvalue weighted by Crippen LogP contribution is -2.24. The van der Waals surface area contributed by atoms with Crippen LogP contribution < -0.4 is 15.4 Å². The third-order valence-electron chi connectivity index (χ3n) is 4.27. The molecular weight excluding hydrogens is 414 g/mol. The monoisotopic (exact) mass is 439 g/mol. The minimum absolute atomic E-state index is 0.298. The van der Waals surface area contributed by atoms with Crippen molar-refractivity contribution in [2.45, 2.75) is 26.8 Å². The van der Waals surface area contributed by atoms with Crippen LogP contribution in [0.1, 0.15) is 36.2 Å². The van der Waals surface area contributed by atoms with Gasteiger partial charge in [-0.3, -0.25) is 10.1 Å². The zero-order chi connectivity index (χ0) is 22.1. The van der Waals surface area contributed by atoms with Crippen molar-refractivity contribution in [1.29, 1.82) is 0 Å². The second kappa shape index (κ2) is 11.1. The Hall–Kier alpha value is -3.39. The molecule has 0 fully saturated rings. The fourth-order valence-electron chi connectivity index (χ4n) is 2.87. The zero-order valence-electron chi connectivity index (χ0n) is 17.5. The second-order valence-corrected chi connectivity index (χ2v) is 7.52. The number of ether oxygens (including phenoxy) is 2. The van der Waals surface area contributed by atoms with Crippen LogP contribution >= 0.6 is 11.3 Å². The van der Waals surface area contributed by atoms with Crippen LogP contribution in [0.25, 0.3) is 10.6 Å². The first-order valence-corrected chi connectivity index (χ1v) is 11.0. The number of anilines is 1. The summed E-state index contributed by atoms with van der Waals surface area (Å²) in [6.07, 6.45) is 1.94. The summed E-state index contributed by atoms with van der Waals surface area (Å²) >= 11 is 1.56. The maximum atomic E-state index is 12.9. The van der Waals surface area contributed by atoms with E-state index in [4.69, 9.17) is 9.47 Å². The van der Waals surface area contributed by atoms with Gasteiger partial charge in [-0.15, -0.1) is 11.3 Å². The highest BCUT2D eigenvalue weighted by molar-refractivity contribution is 7.13. The lowest BCUT2D eigenvalue weighted by molar-refractivity contribution is 0.0947. The summed E-state index contributed by atoms with van der Waals surface area (Å²) in [5.74, 6) is 0.151. The highest BCUT2D eigenvalue weighted by Gasteiger charge is 2.15. The molecule has 0 atom stereocenters. The van der Waals surface area contributed by atoms with Gasteiger partial charge in [-0.05, 0) is 43.2 Å². The van der Waals surface area contributed by atoms with Crippen molar-refractivity contribution in [3.05, 3.63) is 65.2 Å². The van der Waals surface area contributed by atoms with Gasteiger partial charge in [0.25, 0.3) is 5.91 Å². The number of amides is 2. The molecule has 2 N–H and O–H groups in total. The molecule has 162 valence electrons. The summed E-state index contributed by atoms with van der Waals surface area (Å²) in [4.78, 5) is 29.1. The van der Waals surface area contributed by atoms with Crippen molar-refractivity contribution in [2.75, 3.05) is 18.5 Å². The van der Waals surface area contributed by atoms with E-state index >= 15 is 0 Å². The number of nitrogens with zero attached hydrogens (tertiary/aromatic N) is 1. The third-order valence-corrected chi connectivity index (χ3v) is 5.09. The van der Waals surface area contributed by atoms with Gasteiger partial charge in [0.15, 0.2) is 0 Å². The molecule has 1 aromatic heterocycles. The number of thiazole rings is 1. The van der Waals surface area contributed by atoms with Crippen LogP contribution in [0.3, 0.4) is 0 Å². The summed E-state index contributed by atoms with van der Waals surface area (Å²) in [5, 5.41) is 8.42. The van der Waals surface area contributed by atoms with Gasteiger partial charge < -0.3 is 14.8 Å². The largest absolute Gasteiger partial charge is 0.493 e. The van der Waals surface area contributed by atoms with Crippen molar-refractivity contribution < 1.29 is 19.1 Å². The highest BCUT2D eigenvalue weighted by atomic mass is 32.1. The van der Waals surface area contributed by atoms with Crippen LogP contribution in [0.2, 0.25) is 0 Å². The first kappa shape index (κ1) is 22.3. The minimum atomic E-state index is -0.559. The van der Waals surface area contributed by atoms with Gasteiger partial charge in [0.05, 0.1) is 18.8 Å². The number of aromatic nitrogens is 1. The molecule has 3 aromatic rings. The van der Waals surface area contributed by atoms with Crippen molar-refractivity contribution in [3.8, 4) is 16.3 Å². The molecule has 0 saturated carbocycles. The summed E-state index contributed by atoms with van der Waals surface area (Å²) in [5.41, 5.74) is 2.76. The standard InChI is InChI=1S/C23H25N3O4S/c1-3-11-30-23(28)26-18-8-9-20(29-4-2)19(14-18)21(27)25-15-16-6-5-7-17(13-16)22-24-10-12-31-22/h5-10,12-14H,3-4,11,15H2,1-2H3,(H,25,27)(H,26,28). The summed E-state index contributed by atoms with van der Waals surface area (Å²) < 4.78 is 10.6. The Labute approximate surface area is 185 Å². The molecule has 0 radical (unpaired) electrons. The number of carbonyl (C=O) groups is 2. The molecular formula is C23H25N3O4S. The van der Waals surface area contributed by atoms with Gasteiger partial charge in [-0.25, -0.2) is 9.78 Å². The molecule has 0 aliphatic carbocycles. The molecule has 0 bridgehead atoms. The van der Waals surface area contributed by atoms with E-state index < -0.39 is 6.09 Å². The van der Waals surface area contributed by atoms with Crippen molar-refractivity contribution in [3.63, 3.8) is 0 Å². The number of carbonyl (C=O) groups excluding carboxylic acids is 2. The third kappa shape index (κ3) is 6.29. The zero-order valence-corrected chi connectivity index (χ0v) is 18.3. The van der Waals surface area contributed by atoms with E-state index in [1.807, 2.05) is 43.5 Å². The van der Waals surface area contributed by atoms with Crippen molar-refractivity contribution in [2.24, 2.45) is 0 Å². The van der Waals surface area contributed by atoms with Crippen molar-refractivity contribution >= 4 is 29.0 Å². The molecule has 0 spiro atoms. The molecule has 2 amide bonds. The van der Waals surface area contributed by atoms with Gasteiger partial charge >= 0.3 is 6.09 Å². The number of benzene rings is 2. The first-order valence-electron chi connectivity index (χ1n) is 10.1. The Morgan fingerprint density at radius 3 is 2.74 bits per heavy atom. The quantitative estimate of drug-likeness (QED) is 0.484. The molecule has 0 unspecified atom stereocenters. The normalized spacial score (nSPS) is 10.4. The molecule has 0 aliphatic heterocycles. The lowest BCUT2D eigenvalue weighted by Gasteiger charge is -2.13. The van der Waals surface area contributed by atoms with Gasteiger partial charge in [0.1, 0.15) is 10.8 Å². The molecule has 8 heteroatoms. The average Bonchev–Trinajstić information content (AvgIpc) is 3.32. The van der Waals surface area contributed by atoms with E-state index in [-0.39, 0.29) is 5.91 Å². The summed E-state index contributed by atoms with van der Waals surface area (Å²) in [6, 6.07) is 12.8. The van der Waals surface area contributed by atoms with Crippen LogP contribution in [0.5, 0.6) is 5.75 Å². The van der Waals surface area contributed by atoms with Crippen LogP contribution in [0, 0.1) is 0 Å². The van der Waals surface area contributed by atoms with Crippen LogP contribution in [-0.4, -0.2) is 30.2 Å².